The van der Waals surface area contributed by atoms with Crippen LogP contribution in [0.4, 0.5) is 27.6 Å². The van der Waals surface area contributed by atoms with E-state index in [-0.39, 0.29) is 36.7 Å². The van der Waals surface area contributed by atoms with E-state index in [1.165, 1.54) is 4.68 Å². The van der Waals surface area contributed by atoms with Gasteiger partial charge in [0.2, 0.25) is 5.91 Å². The van der Waals surface area contributed by atoms with E-state index in [0.717, 1.165) is 18.9 Å². The summed E-state index contributed by atoms with van der Waals surface area (Å²) in [5.41, 5.74) is 4.68. The molecule has 3 heterocycles. The number of nitrogens with two attached hydrogens (primary N) is 1. The van der Waals surface area contributed by atoms with E-state index in [1.54, 1.807) is 30.3 Å². The summed E-state index contributed by atoms with van der Waals surface area (Å²) in [6, 6.07) is 8.95. The number of benzene rings is 1. The van der Waals surface area contributed by atoms with Gasteiger partial charge >= 0.3 is 6.18 Å². The van der Waals surface area contributed by atoms with Crippen LogP contribution in [0.15, 0.2) is 40.9 Å². The van der Waals surface area contributed by atoms with E-state index < -0.39 is 42.3 Å². The van der Waals surface area contributed by atoms with Crippen LogP contribution in [-0.2, 0) is 17.5 Å². The molecule has 38 heavy (non-hydrogen) atoms. The number of primary amides is 1. The number of halogens is 6. The van der Waals surface area contributed by atoms with Crippen molar-refractivity contribution < 1.29 is 31.5 Å². The van der Waals surface area contributed by atoms with E-state index in [0.29, 0.717) is 22.6 Å². The summed E-state index contributed by atoms with van der Waals surface area (Å²) < 4.78 is 69.1. The zero-order chi connectivity index (χ0) is 27.4. The van der Waals surface area contributed by atoms with Gasteiger partial charge in [-0.3, -0.25) is 14.3 Å². The molecule has 3 N–H and O–H groups in total. The fraction of sp³-hybridized carbons (Fsp3) is 0.250. The minimum absolute atomic E-state index is 0.0324. The number of thiophene rings is 1. The second-order valence-electron chi connectivity index (χ2n) is 8.63. The number of anilines is 1. The van der Waals surface area contributed by atoms with Gasteiger partial charge in [0.05, 0.1) is 15.9 Å². The molecule has 5 rings (SSSR count). The number of alkyl halides is 5. The zero-order valence-electron chi connectivity index (χ0n) is 19.2. The number of aromatic nitrogens is 3. The van der Waals surface area contributed by atoms with Crippen LogP contribution in [0, 0.1) is 0 Å². The minimum atomic E-state index is -4.77. The Bertz CT molecular complexity index is 1560. The predicted octanol–water partition coefficient (Wildman–Crippen LogP) is 6.49. The Morgan fingerprint density at radius 2 is 1.89 bits per heavy atom. The molecular weight excluding hydrogens is 597 g/mol. The van der Waals surface area contributed by atoms with Gasteiger partial charge in [-0.1, -0.05) is 30.3 Å². The molecule has 0 spiro atoms. The number of carbonyl (C=O) groups excluding carboxylic acids is 2. The van der Waals surface area contributed by atoms with E-state index in [4.69, 9.17) is 5.73 Å². The molecule has 0 radical (unpaired) electrons. The highest BCUT2D eigenvalue weighted by Gasteiger charge is 2.36. The first-order valence-corrected chi connectivity index (χ1v) is 12.8. The van der Waals surface area contributed by atoms with Gasteiger partial charge in [0.25, 0.3) is 12.3 Å². The number of pyridine rings is 1. The number of carbonyl (C=O) groups is 2. The van der Waals surface area contributed by atoms with Crippen LogP contribution in [0.25, 0.3) is 21.3 Å². The highest BCUT2D eigenvalue weighted by atomic mass is 79.9. The van der Waals surface area contributed by atoms with Crippen LogP contribution >= 0.6 is 27.3 Å². The fourth-order valence-corrected chi connectivity index (χ4v) is 5.96. The average Bonchev–Trinajstić information content (AvgIpc) is 3.54. The number of amides is 2. The molecule has 0 unspecified atom stereocenters. The Morgan fingerprint density at radius 3 is 2.47 bits per heavy atom. The van der Waals surface area contributed by atoms with Crippen molar-refractivity contribution in [1.29, 1.82) is 0 Å². The average molecular weight is 614 g/mol. The lowest BCUT2D eigenvalue weighted by molar-refractivity contribution is -0.140. The lowest BCUT2D eigenvalue weighted by Gasteiger charge is -2.13. The Hall–Kier alpha value is -3.39. The summed E-state index contributed by atoms with van der Waals surface area (Å²) in [5.74, 6) is -1.74. The molecule has 0 bridgehead atoms. The molecule has 4 aromatic rings. The maximum Gasteiger partial charge on any atom is 0.433 e. The molecule has 0 saturated heterocycles. The lowest BCUT2D eigenvalue weighted by atomic mass is 10.0. The summed E-state index contributed by atoms with van der Waals surface area (Å²) in [5, 5.41) is 6.56. The Labute approximate surface area is 224 Å². The van der Waals surface area contributed by atoms with Gasteiger partial charge < -0.3 is 11.1 Å². The molecule has 1 saturated carbocycles. The molecule has 198 valence electrons. The summed E-state index contributed by atoms with van der Waals surface area (Å²) in [4.78, 5) is 28.7. The Balaban J connectivity index is 1.61. The maximum atomic E-state index is 13.6. The quantitative estimate of drug-likeness (QED) is 0.232. The van der Waals surface area contributed by atoms with Crippen molar-refractivity contribution in [1.82, 2.24) is 14.8 Å². The van der Waals surface area contributed by atoms with Crippen LogP contribution in [0.1, 0.15) is 51.9 Å². The number of nitrogens with zero attached hydrogens (tertiary/aromatic N) is 3. The fourth-order valence-electron chi connectivity index (χ4n) is 4.18. The monoisotopic (exact) mass is 613 g/mol. The third kappa shape index (κ3) is 4.89. The van der Waals surface area contributed by atoms with Crippen LogP contribution < -0.4 is 11.1 Å². The van der Waals surface area contributed by atoms with E-state index >= 15 is 0 Å². The highest BCUT2D eigenvalue weighted by Crippen LogP contribution is 2.46. The molecule has 1 aliphatic rings. The molecule has 1 aromatic carbocycles. The number of rotatable bonds is 7. The van der Waals surface area contributed by atoms with Crippen LogP contribution in [0.2, 0.25) is 0 Å². The van der Waals surface area contributed by atoms with Gasteiger partial charge in [-0.25, -0.2) is 13.8 Å². The molecule has 0 atom stereocenters. The number of nitrogens with one attached hydrogen (secondary N) is 1. The van der Waals surface area contributed by atoms with Gasteiger partial charge in [-0.2, -0.15) is 18.3 Å². The van der Waals surface area contributed by atoms with Crippen molar-refractivity contribution in [3.63, 3.8) is 0 Å². The Morgan fingerprint density at radius 1 is 1.21 bits per heavy atom. The van der Waals surface area contributed by atoms with Gasteiger partial charge in [-0.15, -0.1) is 11.3 Å². The summed E-state index contributed by atoms with van der Waals surface area (Å²) in [6.07, 6.45) is -6.13. The van der Waals surface area contributed by atoms with Crippen molar-refractivity contribution >= 4 is 55.0 Å². The minimum Gasteiger partial charge on any atom is -0.365 e. The van der Waals surface area contributed by atoms with Crippen LogP contribution in [-0.4, -0.2) is 26.6 Å². The van der Waals surface area contributed by atoms with E-state index in [2.05, 4.69) is 31.3 Å². The van der Waals surface area contributed by atoms with E-state index in [9.17, 15) is 31.5 Å². The largest absolute Gasteiger partial charge is 0.433 e. The van der Waals surface area contributed by atoms with E-state index in [1.807, 2.05) is 0 Å². The van der Waals surface area contributed by atoms with Gasteiger partial charge in [0, 0.05) is 11.3 Å². The molecule has 3 aromatic heterocycles. The molecule has 1 aliphatic carbocycles. The summed E-state index contributed by atoms with van der Waals surface area (Å²) in [6.45, 7) is -0.471. The first-order valence-electron chi connectivity index (χ1n) is 11.2. The Kier molecular flexibility index (Phi) is 6.71. The third-order valence-corrected chi connectivity index (χ3v) is 7.86. The molecule has 2 amide bonds. The molecular formula is C24H17BrF5N5O2S. The van der Waals surface area contributed by atoms with Gasteiger partial charge in [0.1, 0.15) is 27.6 Å². The van der Waals surface area contributed by atoms with Crippen molar-refractivity contribution in [2.45, 2.75) is 37.9 Å². The van der Waals surface area contributed by atoms with Crippen LogP contribution in [0.5, 0.6) is 0 Å². The topological polar surface area (TPSA) is 103 Å². The van der Waals surface area contributed by atoms with Gasteiger partial charge in [0.15, 0.2) is 0 Å². The second kappa shape index (κ2) is 9.73. The molecule has 14 heteroatoms. The second-order valence-corrected chi connectivity index (χ2v) is 10.4. The van der Waals surface area contributed by atoms with Crippen molar-refractivity contribution in [2.75, 3.05) is 5.32 Å². The maximum absolute atomic E-state index is 13.6. The third-order valence-electron chi connectivity index (χ3n) is 5.95. The van der Waals surface area contributed by atoms with Gasteiger partial charge in [-0.05, 0) is 46.0 Å². The summed E-state index contributed by atoms with van der Waals surface area (Å²) in [7, 11) is 0. The normalized spacial score (nSPS) is 13.9. The summed E-state index contributed by atoms with van der Waals surface area (Å²) >= 11 is 3.78. The standard InChI is InChI=1S/C24H17BrF5N5O2S/c25-16-18(21(26)27)34-35(19(16)11-6-7-11)9-14(36)33-17-15-12(10-4-2-1-3-5-10)8-13(24(28,29)30)32-23(15)38-20(17)22(31)37/h1-5,8,11,21H,6-7,9H2,(H2,31,37)(H,33,36). The van der Waals surface area contributed by atoms with Crippen LogP contribution in [0.3, 0.4) is 0 Å². The number of hydrogen-bond donors (Lipinski definition) is 2. The lowest BCUT2D eigenvalue weighted by Crippen LogP contribution is -2.22. The number of hydrogen-bond acceptors (Lipinski definition) is 5. The predicted molar refractivity (Wildman–Crippen MR) is 134 cm³/mol. The van der Waals surface area contributed by atoms with Crippen molar-refractivity contribution in [2.24, 2.45) is 5.73 Å². The SMILES string of the molecule is NC(=O)c1sc2nc(C(F)(F)F)cc(-c3ccccc3)c2c1NC(=O)Cn1nc(C(F)F)c(Br)c1C1CC1. The number of fused-ring (bicyclic) bond motifs is 1. The van der Waals surface area contributed by atoms with Crippen molar-refractivity contribution in [3.8, 4) is 11.1 Å². The first kappa shape index (κ1) is 26.2. The first-order chi connectivity index (χ1) is 18.0. The molecule has 0 aliphatic heterocycles. The van der Waals surface area contributed by atoms with Crippen molar-refractivity contribution in [3.05, 3.63) is 62.8 Å². The molecule has 7 nitrogen and oxygen atoms in total. The highest BCUT2D eigenvalue weighted by molar-refractivity contribution is 9.10. The zero-order valence-corrected chi connectivity index (χ0v) is 21.6. The molecule has 1 fully saturated rings. The smallest absolute Gasteiger partial charge is 0.365 e.